The first-order chi connectivity index (χ1) is 8.25. The van der Waals surface area contributed by atoms with Crippen LogP contribution in [-0.4, -0.2) is 15.6 Å². The fraction of sp³-hybridized carbons (Fsp3) is 0.385. The molecular formula is C13H17N3S. The molecule has 17 heavy (non-hydrogen) atoms. The second-order valence-electron chi connectivity index (χ2n) is 4.31. The van der Waals surface area contributed by atoms with Crippen molar-refractivity contribution in [2.75, 3.05) is 0 Å². The minimum Gasteiger partial charge on any atom is -0.308 e. The summed E-state index contributed by atoms with van der Waals surface area (Å²) >= 11 is 1.40. The standard InChI is InChI=1S/C13H17N3S/c1-10-5-3-4-6-12(10)7-11(2)14-8-13-9-17-16-15-13/h3-6,9,11,14H,7-8H2,1-2H3. The van der Waals surface area contributed by atoms with Crippen LogP contribution in [0.1, 0.15) is 23.7 Å². The summed E-state index contributed by atoms with van der Waals surface area (Å²) in [6.45, 7) is 5.15. The number of nitrogens with one attached hydrogen (secondary N) is 1. The smallest absolute Gasteiger partial charge is 0.0893 e. The largest absolute Gasteiger partial charge is 0.308 e. The lowest BCUT2D eigenvalue weighted by molar-refractivity contribution is 0.538. The average molecular weight is 247 g/mol. The van der Waals surface area contributed by atoms with Gasteiger partial charge in [0, 0.05) is 18.0 Å². The molecule has 0 bridgehead atoms. The van der Waals surface area contributed by atoms with E-state index in [-0.39, 0.29) is 0 Å². The normalized spacial score (nSPS) is 12.6. The third kappa shape index (κ3) is 3.61. The molecule has 0 fully saturated rings. The predicted octanol–water partition coefficient (Wildman–Crippen LogP) is 2.57. The molecule has 0 saturated heterocycles. The number of aryl methyl sites for hydroxylation is 1. The van der Waals surface area contributed by atoms with Gasteiger partial charge in [-0.2, -0.15) is 0 Å². The van der Waals surface area contributed by atoms with Crippen molar-refractivity contribution in [3.63, 3.8) is 0 Å². The minimum absolute atomic E-state index is 0.442. The molecule has 0 radical (unpaired) electrons. The Bertz CT molecular complexity index is 453. The summed E-state index contributed by atoms with van der Waals surface area (Å²) in [4.78, 5) is 0. The summed E-state index contributed by atoms with van der Waals surface area (Å²) in [6.07, 6.45) is 1.05. The maximum Gasteiger partial charge on any atom is 0.0893 e. The van der Waals surface area contributed by atoms with Crippen LogP contribution in [0.2, 0.25) is 0 Å². The molecule has 0 saturated carbocycles. The summed E-state index contributed by atoms with van der Waals surface area (Å²) in [5, 5.41) is 9.46. The van der Waals surface area contributed by atoms with E-state index < -0.39 is 0 Å². The molecule has 2 aromatic rings. The summed E-state index contributed by atoms with van der Waals surface area (Å²) < 4.78 is 3.85. The van der Waals surface area contributed by atoms with Crippen LogP contribution in [-0.2, 0) is 13.0 Å². The van der Waals surface area contributed by atoms with Crippen LogP contribution >= 0.6 is 11.5 Å². The number of rotatable bonds is 5. The van der Waals surface area contributed by atoms with Gasteiger partial charge in [0.15, 0.2) is 0 Å². The Morgan fingerprint density at radius 3 is 2.88 bits per heavy atom. The summed E-state index contributed by atoms with van der Waals surface area (Å²) in [6, 6.07) is 8.97. The molecule has 3 nitrogen and oxygen atoms in total. The second-order valence-corrected chi connectivity index (χ2v) is 4.92. The maximum atomic E-state index is 4.02. The highest BCUT2D eigenvalue weighted by Crippen LogP contribution is 2.09. The molecule has 0 aliphatic rings. The molecular weight excluding hydrogens is 230 g/mol. The first kappa shape index (κ1) is 12.2. The lowest BCUT2D eigenvalue weighted by Crippen LogP contribution is -2.27. The van der Waals surface area contributed by atoms with Crippen LogP contribution in [0.15, 0.2) is 29.6 Å². The lowest BCUT2D eigenvalue weighted by atomic mass is 10.0. The average Bonchev–Trinajstić information content (AvgIpc) is 2.82. The summed E-state index contributed by atoms with van der Waals surface area (Å²) in [5.74, 6) is 0. The fourth-order valence-corrected chi connectivity index (χ4v) is 2.23. The molecule has 0 spiro atoms. The lowest BCUT2D eigenvalue weighted by Gasteiger charge is -2.14. The monoisotopic (exact) mass is 247 g/mol. The van der Waals surface area contributed by atoms with Crippen molar-refractivity contribution in [2.45, 2.75) is 32.9 Å². The molecule has 1 heterocycles. The highest BCUT2D eigenvalue weighted by atomic mass is 32.1. The van der Waals surface area contributed by atoms with Gasteiger partial charge in [0.05, 0.1) is 5.69 Å². The van der Waals surface area contributed by atoms with Crippen molar-refractivity contribution < 1.29 is 0 Å². The Morgan fingerprint density at radius 1 is 1.35 bits per heavy atom. The van der Waals surface area contributed by atoms with E-state index in [1.807, 2.05) is 5.38 Å². The molecule has 90 valence electrons. The number of hydrogen-bond donors (Lipinski definition) is 1. The van der Waals surface area contributed by atoms with Gasteiger partial charge in [-0.05, 0) is 42.9 Å². The van der Waals surface area contributed by atoms with Crippen molar-refractivity contribution in [3.8, 4) is 0 Å². The van der Waals surface area contributed by atoms with Gasteiger partial charge in [-0.25, -0.2) is 0 Å². The van der Waals surface area contributed by atoms with Crippen LogP contribution < -0.4 is 5.32 Å². The minimum atomic E-state index is 0.442. The highest BCUT2D eigenvalue weighted by molar-refractivity contribution is 7.03. The van der Waals surface area contributed by atoms with Crippen LogP contribution in [0.5, 0.6) is 0 Å². The van der Waals surface area contributed by atoms with Crippen molar-refractivity contribution in [2.24, 2.45) is 0 Å². The predicted molar refractivity (Wildman–Crippen MR) is 71.1 cm³/mol. The van der Waals surface area contributed by atoms with Gasteiger partial charge in [-0.15, -0.1) is 5.10 Å². The Labute approximate surface area is 106 Å². The number of benzene rings is 1. The van der Waals surface area contributed by atoms with E-state index in [1.165, 1.54) is 22.7 Å². The second kappa shape index (κ2) is 5.89. The van der Waals surface area contributed by atoms with Gasteiger partial charge in [0.1, 0.15) is 0 Å². The van der Waals surface area contributed by atoms with Crippen LogP contribution in [0.4, 0.5) is 0 Å². The van der Waals surface area contributed by atoms with Gasteiger partial charge < -0.3 is 5.32 Å². The summed E-state index contributed by atoms with van der Waals surface area (Å²) in [5.41, 5.74) is 3.78. The van der Waals surface area contributed by atoms with Crippen LogP contribution in [0.25, 0.3) is 0 Å². The van der Waals surface area contributed by atoms with Crippen LogP contribution in [0, 0.1) is 6.92 Å². The first-order valence-electron chi connectivity index (χ1n) is 5.79. The number of nitrogens with zero attached hydrogens (tertiary/aromatic N) is 2. The third-order valence-corrected chi connectivity index (χ3v) is 3.38. The van der Waals surface area contributed by atoms with Crippen LogP contribution in [0.3, 0.4) is 0 Å². The van der Waals surface area contributed by atoms with Crippen molar-refractivity contribution in [1.82, 2.24) is 14.9 Å². The van der Waals surface area contributed by atoms with E-state index in [9.17, 15) is 0 Å². The number of hydrogen-bond acceptors (Lipinski definition) is 4. The molecule has 1 atom stereocenters. The molecule has 1 unspecified atom stereocenters. The quantitative estimate of drug-likeness (QED) is 0.882. The van der Waals surface area contributed by atoms with Gasteiger partial charge in [0.2, 0.25) is 0 Å². The fourth-order valence-electron chi connectivity index (χ4n) is 1.78. The Morgan fingerprint density at radius 2 is 2.18 bits per heavy atom. The Balaban J connectivity index is 1.85. The molecule has 1 aromatic carbocycles. The van der Waals surface area contributed by atoms with Gasteiger partial charge in [-0.1, -0.05) is 28.8 Å². The van der Waals surface area contributed by atoms with E-state index in [1.54, 1.807) is 0 Å². The topological polar surface area (TPSA) is 37.8 Å². The van der Waals surface area contributed by atoms with Crippen molar-refractivity contribution in [3.05, 3.63) is 46.5 Å². The van der Waals surface area contributed by atoms with Gasteiger partial charge in [0.25, 0.3) is 0 Å². The molecule has 2 rings (SSSR count). The maximum absolute atomic E-state index is 4.02. The first-order valence-corrected chi connectivity index (χ1v) is 6.63. The molecule has 4 heteroatoms. The Hall–Kier alpha value is -1.26. The molecule has 1 aromatic heterocycles. The SMILES string of the molecule is Cc1ccccc1CC(C)NCc1csnn1. The van der Waals surface area contributed by atoms with E-state index >= 15 is 0 Å². The Kier molecular flexibility index (Phi) is 4.23. The zero-order valence-electron chi connectivity index (χ0n) is 10.2. The van der Waals surface area contributed by atoms with E-state index in [4.69, 9.17) is 0 Å². The number of aromatic nitrogens is 2. The molecule has 0 aliphatic carbocycles. The highest BCUT2D eigenvalue weighted by Gasteiger charge is 2.05. The van der Waals surface area contributed by atoms with E-state index in [2.05, 4.69) is 53.0 Å². The zero-order chi connectivity index (χ0) is 12.1. The van der Waals surface area contributed by atoms with E-state index in [0.717, 1.165) is 18.7 Å². The van der Waals surface area contributed by atoms with E-state index in [0.29, 0.717) is 6.04 Å². The molecule has 0 aliphatic heterocycles. The van der Waals surface area contributed by atoms with Crippen molar-refractivity contribution >= 4 is 11.5 Å². The van der Waals surface area contributed by atoms with Crippen molar-refractivity contribution in [1.29, 1.82) is 0 Å². The third-order valence-electron chi connectivity index (χ3n) is 2.82. The zero-order valence-corrected chi connectivity index (χ0v) is 11.0. The van der Waals surface area contributed by atoms with Gasteiger partial charge in [-0.3, -0.25) is 0 Å². The van der Waals surface area contributed by atoms with Gasteiger partial charge >= 0.3 is 0 Å². The molecule has 1 N–H and O–H groups in total. The summed E-state index contributed by atoms with van der Waals surface area (Å²) in [7, 11) is 0. The molecule has 0 amide bonds.